The molecule has 4 nitrogen and oxygen atoms in total. The van der Waals surface area contributed by atoms with Gasteiger partial charge in [-0.15, -0.1) is 5.11 Å². The van der Waals surface area contributed by atoms with Crippen LogP contribution < -0.4 is 5.84 Å². The van der Waals surface area contributed by atoms with Gasteiger partial charge in [-0.1, -0.05) is 29.0 Å². The maximum absolute atomic E-state index is 7.40. The molecule has 1 rings (SSSR count). The van der Waals surface area contributed by atoms with Crippen molar-refractivity contribution in [1.82, 2.24) is 0 Å². The summed E-state index contributed by atoms with van der Waals surface area (Å²) in [5.41, 5.74) is 1.56. The van der Waals surface area contributed by atoms with Crippen molar-refractivity contribution >= 4 is 17.4 Å². The molecular weight excluding hydrogens is 188 g/mol. The number of nitrogens with one attached hydrogen (secondary N) is 1. The normalized spacial score (nSPS) is 10.6. The van der Waals surface area contributed by atoms with Gasteiger partial charge >= 0.3 is 0 Å². The highest BCUT2D eigenvalue weighted by atomic mass is 35.5. The molecule has 68 valence electrons. The largest absolute Gasteiger partial charge is 0.305 e. The highest BCUT2D eigenvalue weighted by Crippen LogP contribution is 2.17. The van der Waals surface area contributed by atoms with Crippen molar-refractivity contribution < 1.29 is 0 Å². The Morgan fingerprint density at radius 2 is 2.23 bits per heavy atom. The maximum Gasteiger partial charge on any atom is 0.176 e. The molecule has 5 heteroatoms. The highest BCUT2D eigenvalue weighted by molar-refractivity contribution is 6.31. The van der Waals surface area contributed by atoms with Crippen molar-refractivity contribution in [3.05, 3.63) is 34.3 Å². The van der Waals surface area contributed by atoms with Crippen LogP contribution in [0.5, 0.6) is 0 Å². The minimum absolute atomic E-state index is 0.00407. The van der Waals surface area contributed by atoms with E-state index in [2.05, 4.69) is 10.3 Å². The molecule has 0 saturated heterocycles. The second kappa shape index (κ2) is 4.00. The molecule has 1 aromatic rings. The van der Waals surface area contributed by atoms with Gasteiger partial charge in [-0.2, -0.15) is 0 Å². The van der Waals surface area contributed by atoms with Gasteiger partial charge in [0.1, 0.15) is 0 Å². The Morgan fingerprint density at radius 3 is 2.77 bits per heavy atom. The Bertz CT molecular complexity index is 359. The van der Waals surface area contributed by atoms with Crippen LogP contribution in [0.25, 0.3) is 0 Å². The summed E-state index contributed by atoms with van der Waals surface area (Å²) in [7, 11) is 0. The molecule has 1 aromatic carbocycles. The Kier molecular flexibility index (Phi) is 2.97. The van der Waals surface area contributed by atoms with E-state index in [0.717, 1.165) is 5.56 Å². The molecule has 13 heavy (non-hydrogen) atoms. The number of hydrogen-bond acceptors (Lipinski definition) is 2. The third kappa shape index (κ3) is 2.26. The van der Waals surface area contributed by atoms with Gasteiger partial charge in [-0.05, 0) is 18.6 Å². The van der Waals surface area contributed by atoms with Crippen molar-refractivity contribution in [1.29, 1.82) is 5.41 Å². The van der Waals surface area contributed by atoms with Crippen molar-refractivity contribution in [2.45, 2.75) is 6.92 Å². The lowest BCUT2D eigenvalue weighted by Gasteiger charge is -2.00. The summed E-state index contributed by atoms with van der Waals surface area (Å²) in [5.74, 6) is 4.82. The first-order chi connectivity index (χ1) is 6.15. The summed E-state index contributed by atoms with van der Waals surface area (Å²) >= 11 is 5.86. The molecule has 0 aliphatic heterocycles. The number of rotatable bonds is 1. The van der Waals surface area contributed by atoms with E-state index in [0.29, 0.717) is 10.6 Å². The number of amidine groups is 1. The van der Waals surface area contributed by atoms with Crippen LogP contribution in [0.4, 0.5) is 0 Å². The summed E-state index contributed by atoms with van der Waals surface area (Å²) in [6.07, 6.45) is 0. The molecule has 3 N–H and O–H groups in total. The van der Waals surface area contributed by atoms with Gasteiger partial charge in [0.05, 0.1) is 0 Å². The summed E-state index contributed by atoms with van der Waals surface area (Å²) in [4.78, 5) is 0. The Balaban J connectivity index is 3.04. The highest BCUT2D eigenvalue weighted by Gasteiger charge is 2.02. The van der Waals surface area contributed by atoms with Crippen LogP contribution >= 0.6 is 11.6 Å². The van der Waals surface area contributed by atoms with Crippen LogP contribution in [0.3, 0.4) is 0 Å². The number of aryl methyl sites for hydroxylation is 1. The average molecular weight is 197 g/mol. The van der Waals surface area contributed by atoms with Gasteiger partial charge < -0.3 is 5.84 Å². The first-order valence-electron chi connectivity index (χ1n) is 3.61. The Labute approximate surface area is 80.9 Å². The summed E-state index contributed by atoms with van der Waals surface area (Å²) < 4.78 is 0. The standard InChI is InChI=1S/C8H9ClN4/c1-5-2-3-6(4-7(5)9)8(10)12-13-11/h2-4H,1H3,(H3,10,11,12). The number of nitrogens with zero attached hydrogens (tertiary/aromatic N) is 2. The SMILES string of the molecule is Cc1ccc(C(=N)N=NN)cc1Cl. The predicted octanol–water partition coefficient (Wildman–Crippen LogP) is 2.30. The molecule has 0 aliphatic carbocycles. The predicted molar refractivity (Wildman–Crippen MR) is 52.1 cm³/mol. The van der Waals surface area contributed by atoms with E-state index in [1.165, 1.54) is 0 Å². The summed E-state index contributed by atoms with van der Waals surface area (Å²) in [6.45, 7) is 1.89. The van der Waals surface area contributed by atoms with Crippen LogP contribution in [0, 0.1) is 12.3 Å². The van der Waals surface area contributed by atoms with Crippen molar-refractivity contribution in [3.63, 3.8) is 0 Å². The molecule has 0 aromatic heterocycles. The maximum atomic E-state index is 7.40. The molecule has 0 amide bonds. The van der Waals surface area contributed by atoms with Gasteiger partial charge in [0.15, 0.2) is 5.84 Å². The fourth-order valence-electron chi connectivity index (χ4n) is 0.856. The van der Waals surface area contributed by atoms with E-state index >= 15 is 0 Å². The molecule has 0 bridgehead atoms. The molecule has 0 unspecified atom stereocenters. The van der Waals surface area contributed by atoms with Crippen LogP contribution in [0.1, 0.15) is 11.1 Å². The van der Waals surface area contributed by atoms with E-state index < -0.39 is 0 Å². The fourth-order valence-corrected chi connectivity index (χ4v) is 1.04. The monoisotopic (exact) mass is 196 g/mol. The zero-order valence-corrected chi connectivity index (χ0v) is 7.84. The van der Waals surface area contributed by atoms with Crippen molar-refractivity contribution in [2.24, 2.45) is 16.2 Å². The minimum atomic E-state index is 0.00407. The second-order valence-corrected chi connectivity index (χ2v) is 2.94. The number of benzene rings is 1. The van der Waals surface area contributed by atoms with Crippen LogP contribution in [0.15, 0.2) is 28.5 Å². The second-order valence-electron chi connectivity index (χ2n) is 2.53. The Morgan fingerprint density at radius 1 is 1.54 bits per heavy atom. The first-order valence-corrected chi connectivity index (χ1v) is 3.99. The summed E-state index contributed by atoms with van der Waals surface area (Å²) in [5, 5.41) is 14.4. The lowest BCUT2D eigenvalue weighted by Crippen LogP contribution is -1.95. The van der Waals surface area contributed by atoms with Crippen LogP contribution in [-0.4, -0.2) is 5.84 Å². The van der Waals surface area contributed by atoms with Gasteiger partial charge in [0.2, 0.25) is 0 Å². The third-order valence-corrected chi connectivity index (χ3v) is 2.01. The molecule has 0 fully saturated rings. The molecule has 0 heterocycles. The van der Waals surface area contributed by atoms with Gasteiger partial charge in [-0.3, -0.25) is 5.41 Å². The lowest BCUT2D eigenvalue weighted by atomic mass is 10.1. The topological polar surface area (TPSA) is 74.6 Å². The van der Waals surface area contributed by atoms with E-state index in [1.54, 1.807) is 12.1 Å². The number of nitrogens with two attached hydrogens (primary N) is 1. The molecule has 0 atom stereocenters. The van der Waals surface area contributed by atoms with Crippen molar-refractivity contribution in [2.75, 3.05) is 0 Å². The lowest BCUT2D eigenvalue weighted by molar-refractivity contribution is 1.07. The fraction of sp³-hybridized carbons (Fsp3) is 0.125. The zero-order valence-electron chi connectivity index (χ0n) is 7.08. The van der Waals surface area contributed by atoms with Crippen LogP contribution in [-0.2, 0) is 0 Å². The van der Waals surface area contributed by atoms with Gasteiger partial charge in [-0.25, -0.2) is 0 Å². The molecular formula is C8H9ClN4. The number of hydrogen-bond donors (Lipinski definition) is 2. The van der Waals surface area contributed by atoms with Crippen LogP contribution in [0.2, 0.25) is 5.02 Å². The summed E-state index contributed by atoms with van der Waals surface area (Å²) in [6, 6.07) is 5.23. The van der Waals surface area contributed by atoms with E-state index in [-0.39, 0.29) is 5.84 Å². The molecule has 0 saturated carbocycles. The molecule has 0 aliphatic rings. The van der Waals surface area contributed by atoms with E-state index in [4.69, 9.17) is 22.9 Å². The van der Waals surface area contributed by atoms with Gasteiger partial charge in [0, 0.05) is 10.6 Å². The quantitative estimate of drug-likeness (QED) is 0.234. The number of halogens is 1. The van der Waals surface area contributed by atoms with Gasteiger partial charge in [0.25, 0.3) is 0 Å². The smallest absolute Gasteiger partial charge is 0.176 e. The zero-order chi connectivity index (χ0) is 9.84. The average Bonchev–Trinajstić information content (AvgIpc) is 2.10. The molecule has 0 radical (unpaired) electrons. The minimum Gasteiger partial charge on any atom is -0.305 e. The molecule has 0 spiro atoms. The van der Waals surface area contributed by atoms with Crippen molar-refractivity contribution in [3.8, 4) is 0 Å². The van der Waals surface area contributed by atoms with E-state index in [1.807, 2.05) is 13.0 Å². The third-order valence-electron chi connectivity index (χ3n) is 1.60. The first kappa shape index (κ1) is 9.67. The Hall–Kier alpha value is -1.42. The van der Waals surface area contributed by atoms with E-state index in [9.17, 15) is 0 Å².